The summed E-state index contributed by atoms with van der Waals surface area (Å²) in [5.41, 5.74) is 2.01. The van der Waals surface area contributed by atoms with Crippen molar-refractivity contribution in [3.8, 4) is 0 Å². The zero-order valence-electron chi connectivity index (χ0n) is 13.7. The summed E-state index contributed by atoms with van der Waals surface area (Å²) in [7, 11) is 0. The van der Waals surface area contributed by atoms with E-state index in [1.807, 2.05) is 6.92 Å². The number of rotatable bonds is 5. The van der Waals surface area contributed by atoms with E-state index in [1.165, 1.54) is 6.07 Å². The fourth-order valence-corrected chi connectivity index (χ4v) is 2.79. The number of nitrogens with zero attached hydrogens (tertiary/aromatic N) is 1. The first-order chi connectivity index (χ1) is 12.0. The molecule has 1 N–H and O–H groups in total. The van der Waals surface area contributed by atoms with Crippen LogP contribution in [0.2, 0.25) is 0 Å². The van der Waals surface area contributed by atoms with Gasteiger partial charge in [-0.1, -0.05) is 29.8 Å². The summed E-state index contributed by atoms with van der Waals surface area (Å²) >= 11 is 0. The fourth-order valence-electron chi connectivity index (χ4n) is 2.79. The second-order valence-electron chi connectivity index (χ2n) is 5.94. The highest BCUT2D eigenvalue weighted by Gasteiger charge is 2.36. The van der Waals surface area contributed by atoms with E-state index in [4.69, 9.17) is 0 Å². The van der Waals surface area contributed by atoms with Crippen molar-refractivity contribution >= 4 is 17.7 Å². The van der Waals surface area contributed by atoms with Gasteiger partial charge in [-0.05, 0) is 37.1 Å². The van der Waals surface area contributed by atoms with Crippen molar-refractivity contribution in [2.75, 3.05) is 13.1 Å². The molecule has 1 aliphatic heterocycles. The molecule has 0 aromatic heterocycles. The lowest BCUT2D eigenvalue weighted by molar-refractivity contribution is -0.121. The Bertz CT molecular complexity index is 863. The molecule has 2 aromatic carbocycles. The molecule has 5 nitrogen and oxygen atoms in total. The number of hydrogen-bond donors (Lipinski definition) is 1. The number of benzene rings is 2. The molecular weight excluding hydrogens is 323 g/mol. The Hall–Kier alpha value is -3.02. The molecule has 0 spiro atoms. The van der Waals surface area contributed by atoms with Crippen molar-refractivity contribution in [2.45, 2.75) is 13.3 Å². The molecule has 3 rings (SSSR count). The number of fused-ring (bicyclic) bond motifs is 1. The van der Waals surface area contributed by atoms with Gasteiger partial charge in [-0.3, -0.25) is 19.3 Å². The Balaban J connectivity index is 1.58. The highest BCUT2D eigenvalue weighted by Crippen LogP contribution is 2.23. The van der Waals surface area contributed by atoms with E-state index in [0.29, 0.717) is 23.1 Å². The van der Waals surface area contributed by atoms with Crippen LogP contribution in [0.25, 0.3) is 0 Å². The van der Waals surface area contributed by atoms with Gasteiger partial charge in [0.25, 0.3) is 11.8 Å². The van der Waals surface area contributed by atoms with E-state index in [9.17, 15) is 18.8 Å². The number of amides is 3. The Labute approximate surface area is 144 Å². The number of imide groups is 1. The minimum atomic E-state index is -0.468. The highest BCUT2D eigenvalue weighted by atomic mass is 19.1. The second kappa shape index (κ2) is 6.84. The molecule has 0 fully saturated rings. The van der Waals surface area contributed by atoms with Gasteiger partial charge < -0.3 is 5.32 Å². The molecule has 128 valence electrons. The van der Waals surface area contributed by atoms with Gasteiger partial charge >= 0.3 is 0 Å². The van der Waals surface area contributed by atoms with Gasteiger partial charge in [0.1, 0.15) is 12.4 Å². The van der Waals surface area contributed by atoms with E-state index in [2.05, 4.69) is 5.32 Å². The van der Waals surface area contributed by atoms with Crippen LogP contribution >= 0.6 is 0 Å². The molecule has 0 radical (unpaired) electrons. The molecule has 0 aliphatic carbocycles. The van der Waals surface area contributed by atoms with E-state index in [-0.39, 0.29) is 18.9 Å². The lowest BCUT2D eigenvalue weighted by atomic mass is 10.1. The van der Waals surface area contributed by atoms with Gasteiger partial charge in [-0.15, -0.1) is 0 Å². The smallest absolute Gasteiger partial charge is 0.262 e. The van der Waals surface area contributed by atoms with Crippen molar-refractivity contribution in [3.05, 3.63) is 70.5 Å². The predicted octanol–water partition coefficient (Wildman–Crippen LogP) is 2.09. The lowest BCUT2D eigenvalue weighted by Crippen LogP contribution is -2.40. The largest absolute Gasteiger partial charge is 0.354 e. The molecule has 1 heterocycles. The van der Waals surface area contributed by atoms with Crippen LogP contribution in [0.3, 0.4) is 0 Å². The van der Waals surface area contributed by atoms with Crippen LogP contribution in [-0.2, 0) is 11.2 Å². The zero-order chi connectivity index (χ0) is 18.0. The SMILES string of the molecule is Cc1ccc2c(c1)C(=O)N(CC(=O)NCCc1ccccc1F)C2=O. The molecule has 3 amide bonds. The van der Waals surface area contributed by atoms with E-state index < -0.39 is 17.7 Å². The van der Waals surface area contributed by atoms with Gasteiger partial charge in [0.05, 0.1) is 11.1 Å². The highest BCUT2D eigenvalue weighted by molar-refractivity contribution is 6.22. The summed E-state index contributed by atoms with van der Waals surface area (Å²) in [5.74, 6) is -1.72. The van der Waals surface area contributed by atoms with Crippen LogP contribution < -0.4 is 5.32 Å². The number of carbonyl (C=O) groups is 3. The molecule has 0 unspecified atom stereocenters. The fraction of sp³-hybridized carbons (Fsp3) is 0.211. The summed E-state index contributed by atoms with van der Waals surface area (Å²) < 4.78 is 13.5. The quantitative estimate of drug-likeness (QED) is 0.848. The van der Waals surface area contributed by atoms with Crippen LogP contribution in [0.1, 0.15) is 31.8 Å². The first kappa shape index (κ1) is 16.8. The summed E-state index contributed by atoms with van der Waals surface area (Å²) in [6.45, 7) is 1.71. The average Bonchev–Trinajstić information content (AvgIpc) is 2.81. The van der Waals surface area contributed by atoms with Gasteiger partial charge in [0, 0.05) is 6.54 Å². The monoisotopic (exact) mass is 340 g/mol. The molecule has 0 saturated heterocycles. The van der Waals surface area contributed by atoms with Crippen LogP contribution in [0.4, 0.5) is 4.39 Å². The number of carbonyl (C=O) groups excluding carboxylic acids is 3. The minimum absolute atomic E-state index is 0.224. The predicted molar refractivity (Wildman–Crippen MR) is 89.7 cm³/mol. The molecule has 6 heteroatoms. The van der Waals surface area contributed by atoms with Crippen molar-refractivity contribution in [1.82, 2.24) is 10.2 Å². The van der Waals surface area contributed by atoms with Crippen LogP contribution in [0, 0.1) is 12.7 Å². The summed E-state index contributed by atoms with van der Waals surface area (Å²) in [5, 5.41) is 2.61. The number of aryl methyl sites for hydroxylation is 1. The zero-order valence-corrected chi connectivity index (χ0v) is 13.7. The Morgan fingerprint density at radius 1 is 1.08 bits per heavy atom. The van der Waals surface area contributed by atoms with Gasteiger partial charge in [0.2, 0.25) is 5.91 Å². The Morgan fingerprint density at radius 2 is 1.80 bits per heavy atom. The van der Waals surface area contributed by atoms with Crippen LogP contribution in [0.5, 0.6) is 0 Å². The molecule has 0 saturated carbocycles. The van der Waals surface area contributed by atoms with E-state index in [1.54, 1.807) is 36.4 Å². The molecule has 1 aliphatic rings. The van der Waals surface area contributed by atoms with E-state index in [0.717, 1.165) is 10.5 Å². The third-order valence-corrected chi connectivity index (χ3v) is 4.10. The van der Waals surface area contributed by atoms with E-state index >= 15 is 0 Å². The number of halogens is 1. The van der Waals surface area contributed by atoms with Gasteiger partial charge in [0.15, 0.2) is 0 Å². The average molecular weight is 340 g/mol. The lowest BCUT2D eigenvalue weighted by Gasteiger charge is -2.13. The molecule has 25 heavy (non-hydrogen) atoms. The topological polar surface area (TPSA) is 66.5 Å². The molecular formula is C19H17FN2O3. The number of hydrogen-bond acceptors (Lipinski definition) is 3. The van der Waals surface area contributed by atoms with Crippen LogP contribution in [0.15, 0.2) is 42.5 Å². The maximum Gasteiger partial charge on any atom is 0.262 e. The van der Waals surface area contributed by atoms with Crippen molar-refractivity contribution < 1.29 is 18.8 Å². The molecule has 0 atom stereocenters. The normalized spacial score (nSPS) is 13.1. The number of nitrogens with one attached hydrogen (secondary N) is 1. The second-order valence-corrected chi connectivity index (χ2v) is 5.94. The third-order valence-electron chi connectivity index (χ3n) is 4.10. The summed E-state index contributed by atoms with van der Waals surface area (Å²) in [6, 6.07) is 11.3. The Morgan fingerprint density at radius 3 is 2.56 bits per heavy atom. The summed E-state index contributed by atoms with van der Waals surface area (Å²) in [6.07, 6.45) is 0.333. The maximum atomic E-state index is 13.5. The minimum Gasteiger partial charge on any atom is -0.354 e. The van der Waals surface area contributed by atoms with Crippen LogP contribution in [-0.4, -0.2) is 35.7 Å². The first-order valence-electron chi connectivity index (χ1n) is 7.94. The summed E-state index contributed by atoms with van der Waals surface area (Å²) in [4.78, 5) is 37.5. The Kier molecular flexibility index (Phi) is 4.61. The van der Waals surface area contributed by atoms with Gasteiger partial charge in [-0.25, -0.2) is 4.39 Å². The van der Waals surface area contributed by atoms with Crippen molar-refractivity contribution in [3.63, 3.8) is 0 Å². The molecule has 2 aromatic rings. The standard InChI is InChI=1S/C19H17FN2O3/c1-12-6-7-14-15(10-12)19(25)22(18(14)24)11-17(23)21-9-8-13-4-2-3-5-16(13)20/h2-7,10H,8-9,11H2,1H3,(H,21,23). The maximum absolute atomic E-state index is 13.5. The third kappa shape index (κ3) is 3.42. The van der Waals surface area contributed by atoms with Crippen molar-refractivity contribution in [1.29, 1.82) is 0 Å². The van der Waals surface area contributed by atoms with Gasteiger partial charge in [-0.2, -0.15) is 0 Å². The van der Waals surface area contributed by atoms with Crippen molar-refractivity contribution in [2.24, 2.45) is 0 Å². The molecule has 0 bridgehead atoms. The first-order valence-corrected chi connectivity index (χ1v) is 7.94.